The van der Waals surface area contributed by atoms with Crippen molar-refractivity contribution in [2.24, 2.45) is 0 Å². The minimum Gasteiger partial charge on any atom is -0.478 e. The Bertz CT molecular complexity index is 527. The monoisotopic (exact) mass is 262 g/mol. The summed E-state index contributed by atoms with van der Waals surface area (Å²) in [6, 6.07) is 6.02. The first-order valence-electron chi connectivity index (χ1n) is 5.98. The second kappa shape index (κ2) is 5.51. The maximum atomic E-state index is 12.3. The number of carboxylic acids is 1. The van der Waals surface area contributed by atoms with Crippen molar-refractivity contribution in [3.8, 4) is 0 Å². The second-order valence-corrected chi connectivity index (χ2v) is 4.28. The van der Waals surface area contributed by atoms with Crippen molar-refractivity contribution in [3.63, 3.8) is 0 Å². The zero-order chi connectivity index (χ0) is 13.8. The first-order valence-corrected chi connectivity index (χ1v) is 5.98. The van der Waals surface area contributed by atoms with Gasteiger partial charge >= 0.3 is 5.97 Å². The van der Waals surface area contributed by atoms with Crippen LogP contribution in [-0.2, 0) is 4.79 Å². The molecule has 100 valence electrons. The number of hydrogen-bond donors (Lipinski definition) is 2. The molecule has 0 saturated carbocycles. The van der Waals surface area contributed by atoms with Gasteiger partial charge in [-0.2, -0.15) is 0 Å². The predicted molar refractivity (Wildman–Crippen MR) is 66.9 cm³/mol. The van der Waals surface area contributed by atoms with E-state index in [1.807, 2.05) is 0 Å². The Morgan fingerprint density at radius 1 is 1.21 bits per heavy atom. The van der Waals surface area contributed by atoms with Gasteiger partial charge in [0, 0.05) is 13.1 Å². The van der Waals surface area contributed by atoms with Gasteiger partial charge in [-0.1, -0.05) is 12.1 Å². The van der Waals surface area contributed by atoms with Gasteiger partial charge in [0.15, 0.2) is 0 Å². The number of carbonyl (C=O) groups excluding carboxylic acids is 2. The van der Waals surface area contributed by atoms with Gasteiger partial charge in [0.2, 0.25) is 5.91 Å². The molecule has 6 nitrogen and oxygen atoms in total. The summed E-state index contributed by atoms with van der Waals surface area (Å²) >= 11 is 0. The Morgan fingerprint density at radius 3 is 2.58 bits per heavy atom. The van der Waals surface area contributed by atoms with Crippen LogP contribution in [0.2, 0.25) is 0 Å². The summed E-state index contributed by atoms with van der Waals surface area (Å²) in [7, 11) is 0. The van der Waals surface area contributed by atoms with Crippen LogP contribution in [-0.4, -0.2) is 47.4 Å². The number of benzene rings is 1. The number of carboxylic acid groups (broad SMARTS) is 1. The summed E-state index contributed by atoms with van der Waals surface area (Å²) in [5.41, 5.74) is 0.0712. The maximum Gasteiger partial charge on any atom is 0.336 e. The molecule has 0 radical (unpaired) electrons. The van der Waals surface area contributed by atoms with E-state index < -0.39 is 11.9 Å². The van der Waals surface area contributed by atoms with Crippen molar-refractivity contribution in [3.05, 3.63) is 35.4 Å². The fraction of sp³-hybridized carbons (Fsp3) is 0.308. The number of nitrogens with one attached hydrogen (secondary N) is 1. The molecular weight excluding hydrogens is 248 g/mol. The quantitative estimate of drug-likeness (QED) is 0.805. The molecule has 0 atom stereocenters. The maximum absolute atomic E-state index is 12.3. The van der Waals surface area contributed by atoms with Crippen LogP contribution in [0, 0.1) is 0 Å². The summed E-state index contributed by atoms with van der Waals surface area (Å²) in [4.78, 5) is 36.2. The fourth-order valence-corrected chi connectivity index (χ4v) is 2.01. The lowest BCUT2D eigenvalue weighted by atomic mass is 10.1. The van der Waals surface area contributed by atoms with E-state index in [4.69, 9.17) is 5.11 Å². The largest absolute Gasteiger partial charge is 0.478 e. The van der Waals surface area contributed by atoms with Gasteiger partial charge in [-0.25, -0.2) is 4.79 Å². The summed E-state index contributed by atoms with van der Waals surface area (Å²) in [6.07, 6.45) is 0.659. The van der Waals surface area contributed by atoms with Crippen LogP contribution in [0.5, 0.6) is 0 Å². The third-order valence-electron chi connectivity index (χ3n) is 2.94. The fourth-order valence-electron chi connectivity index (χ4n) is 2.01. The molecule has 2 rings (SSSR count). The molecule has 1 fully saturated rings. The zero-order valence-corrected chi connectivity index (χ0v) is 10.3. The lowest BCUT2D eigenvalue weighted by molar-refractivity contribution is -0.121. The van der Waals surface area contributed by atoms with Gasteiger partial charge in [-0.15, -0.1) is 0 Å². The summed E-state index contributed by atoms with van der Waals surface area (Å²) in [5, 5.41) is 11.7. The molecule has 1 aromatic carbocycles. The van der Waals surface area contributed by atoms with Crippen LogP contribution in [0.1, 0.15) is 27.1 Å². The lowest BCUT2D eigenvalue weighted by Crippen LogP contribution is -2.38. The standard InChI is InChI=1S/C13H14N2O4/c16-11-8-15(7-3-6-14-11)12(17)9-4-1-2-5-10(9)13(18)19/h1-2,4-5H,3,6-8H2,(H,14,16)(H,18,19). The minimum absolute atomic E-state index is 0.0349. The van der Waals surface area contributed by atoms with Crippen LogP contribution < -0.4 is 5.32 Å². The number of aromatic carboxylic acids is 1. The summed E-state index contributed by atoms with van der Waals surface area (Å²) in [5.74, 6) is -1.79. The zero-order valence-electron chi connectivity index (χ0n) is 10.3. The van der Waals surface area contributed by atoms with Crippen LogP contribution in [0.25, 0.3) is 0 Å². The van der Waals surface area contributed by atoms with E-state index in [1.165, 1.54) is 17.0 Å². The highest BCUT2D eigenvalue weighted by atomic mass is 16.4. The molecule has 2 amide bonds. The lowest BCUT2D eigenvalue weighted by Gasteiger charge is -2.19. The molecule has 0 aliphatic carbocycles. The van der Waals surface area contributed by atoms with Crippen molar-refractivity contribution in [2.45, 2.75) is 6.42 Å². The van der Waals surface area contributed by atoms with Crippen LogP contribution in [0.4, 0.5) is 0 Å². The third-order valence-corrected chi connectivity index (χ3v) is 2.94. The van der Waals surface area contributed by atoms with E-state index in [0.29, 0.717) is 19.5 Å². The van der Waals surface area contributed by atoms with E-state index >= 15 is 0 Å². The molecule has 2 N–H and O–H groups in total. The highest BCUT2D eigenvalue weighted by Gasteiger charge is 2.24. The molecule has 0 aromatic heterocycles. The second-order valence-electron chi connectivity index (χ2n) is 4.28. The summed E-state index contributed by atoms with van der Waals surface area (Å²) < 4.78 is 0. The van der Waals surface area contributed by atoms with Gasteiger partial charge in [0.05, 0.1) is 17.7 Å². The van der Waals surface area contributed by atoms with Gasteiger partial charge in [-0.05, 0) is 18.6 Å². The number of hydrogen-bond acceptors (Lipinski definition) is 3. The molecule has 19 heavy (non-hydrogen) atoms. The molecule has 1 aromatic rings. The van der Waals surface area contributed by atoms with Gasteiger partial charge in [0.1, 0.15) is 0 Å². The van der Waals surface area contributed by atoms with Crippen molar-refractivity contribution < 1.29 is 19.5 Å². The van der Waals surface area contributed by atoms with Gasteiger partial charge < -0.3 is 15.3 Å². The molecule has 0 spiro atoms. The van der Waals surface area contributed by atoms with Crippen molar-refractivity contribution in [1.29, 1.82) is 0 Å². The average Bonchev–Trinajstić information content (AvgIpc) is 2.62. The topological polar surface area (TPSA) is 86.7 Å². The predicted octanol–water partition coefficient (Wildman–Crippen LogP) is 0.347. The SMILES string of the molecule is O=C1CN(C(=O)c2ccccc2C(=O)O)CCCN1. The molecule has 0 bridgehead atoms. The molecule has 1 aliphatic heterocycles. The Kier molecular flexibility index (Phi) is 3.79. The number of carbonyl (C=O) groups is 3. The Hall–Kier alpha value is -2.37. The number of nitrogens with zero attached hydrogens (tertiary/aromatic N) is 1. The molecular formula is C13H14N2O4. The van der Waals surface area contributed by atoms with E-state index in [-0.39, 0.29) is 23.6 Å². The first-order chi connectivity index (χ1) is 9.09. The molecule has 1 heterocycles. The van der Waals surface area contributed by atoms with E-state index in [1.54, 1.807) is 12.1 Å². The van der Waals surface area contributed by atoms with Gasteiger partial charge in [0.25, 0.3) is 5.91 Å². The molecule has 0 unspecified atom stereocenters. The average molecular weight is 262 g/mol. The van der Waals surface area contributed by atoms with Crippen molar-refractivity contribution >= 4 is 17.8 Å². The smallest absolute Gasteiger partial charge is 0.336 e. The molecule has 1 aliphatic rings. The van der Waals surface area contributed by atoms with Crippen molar-refractivity contribution in [2.75, 3.05) is 19.6 Å². The minimum atomic E-state index is -1.15. The van der Waals surface area contributed by atoms with Gasteiger partial charge in [-0.3, -0.25) is 9.59 Å². The highest BCUT2D eigenvalue weighted by Crippen LogP contribution is 2.13. The molecule has 6 heteroatoms. The van der Waals surface area contributed by atoms with Crippen LogP contribution in [0.3, 0.4) is 0 Å². The number of amides is 2. The third kappa shape index (κ3) is 2.90. The Morgan fingerprint density at radius 2 is 1.89 bits per heavy atom. The van der Waals surface area contributed by atoms with E-state index in [2.05, 4.69) is 5.32 Å². The number of rotatable bonds is 2. The Balaban J connectivity index is 2.28. The summed E-state index contributed by atoms with van der Waals surface area (Å²) in [6.45, 7) is 0.932. The van der Waals surface area contributed by atoms with E-state index in [9.17, 15) is 14.4 Å². The van der Waals surface area contributed by atoms with Crippen LogP contribution >= 0.6 is 0 Å². The van der Waals surface area contributed by atoms with E-state index in [0.717, 1.165) is 0 Å². The Labute approximate surface area is 110 Å². The first kappa shape index (κ1) is 13.1. The highest BCUT2D eigenvalue weighted by molar-refractivity contribution is 6.05. The molecule has 1 saturated heterocycles. The van der Waals surface area contributed by atoms with Crippen LogP contribution in [0.15, 0.2) is 24.3 Å². The van der Waals surface area contributed by atoms with Crippen molar-refractivity contribution in [1.82, 2.24) is 10.2 Å². The normalized spacial score (nSPS) is 15.6.